The molecule has 7 nitrogen and oxygen atoms in total. The molecule has 0 spiro atoms. The second-order valence-electron chi connectivity index (χ2n) is 8.79. The Morgan fingerprint density at radius 1 is 0.941 bits per heavy atom. The van der Waals surface area contributed by atoms with Crippen molar-refractivity contribution in [1.29, 1.82) is 0 Å². The summed E-state index contributed by atoms with van der Waals surface area (Å²) < 4.78 is 10.5. The van der Waals surface area contributed by atoms with Gasteiger partial charge in [-0.2, -0.15) is 0 Å². The van der Waals surface area contributed by atoms with E-state index in [2.05, 4.69) is 10.6 Å². The third kappa shape index (κ3) is 9.61. The molecule has 0 aliphatic carbocycles. The second-order valence-corrected chi connectivity index (χ2v) is 9.61. The third-order valence-corrected chi connectivity index (χ3v) is 5.08. The molecule has 2 aromatic rings. The van der Waals surface area contributed by atoms with Crippen LogP contribution in [0.4, 0.5) is 11.4 Å². The van der Waals surface area contributed by atoms with Crippen molar-refractivity contribution in [2.75, 3.05) is 11.9 Å². The van der Waals surface area contributed by atoms with E-state index in [9.17, 15) is 14.4 Å². The number of benzene rings is 2. The van der Waals surface area contributed by atoms with E-state index < -0.39 is 23.6 Å². The molecular formula is C25H30Cl2N2O5. The van der Waals surface area contributed by atoms with Gasteiger partial charge in [-0.15, -0.1) is 0 Å². The smallest absolute Gasteiger partial charge is 0.310 e. The lowest BCUT2D eigenvalue weighted by atomic mass is 10.1. The fourth-order valence-corrected chi connectivity index (χ4v) is 3.46. The van der Waals surface area contributed by atoms with Crippen LogP contribution in [0.15, 0.2) is 42.5 Å². The predicted octanol–water partition coefficient (Wildman–Crippen LogP) is 5.45. The van der Waals surface area contributed by atoms with Crippen molar-refractivity contribution in [3.05, 3.63) is 58.1 Å². The molecular weight excluding hydrogens is 479 g/mol. The lowest BCUT2D eigenvalue weighted by Crippen LogP contribution is -2.37. The molecule has 0 bridgehead atoms. The number of ether oxygens (including phenoxy) is 2. The first-order chi connectivity index (χ1) is 15.9. The molecule has 0 fully saturated rings. The Bertz CT molecular complexity index is 1000. The molecule has 2 rings (SSSR count). The molecule has 0 aromatic heterocycles. The molecule has 9 heteroatoms. The van der Waals surface area contributed by atoms with Crippen LogP contribution in [0.3, 0.4) is 0 Å². The number of anilines is 2. The van der Waals surface area contributed by atoms with E-state index in [1.54, 1.807) is 52.0 Å². The van der Waals surface area contributed by atoms with Crippen LogP contribution in [0.1, 0.15) is 46.1 Å². The molecule has 0 aliphatic rings. The van der Waals surface area contributed by atoms with Crippen molar-refractivity contribution in [3.8, 4) is 0 Å². The Morgan fingerprint density at radius 3 is 2.24 bits per heavy atom. The maximum atomic E-state index is 12.4. The summed E-state index contributed by atoms with van der Waals surface area (Å²) in [7, 11) is 0. The van der Waals surface area contributed by atoms with Gasteiger partial charge in [0.2, 0.25) is 5.91 Å². The zero-order chi connectivity index (χ0) is 25.3. The monoisotopic (exact) mass is 508 g/mol. The minimum Gasteiger partial charge on any atom is -0.463 e. The Kier molecular flexibility index (Phi) is 10.2. The predicted molar refractivity (Wildman–Crippen MR) is 134 cm³/mol. The number of carbonyl (C=O) groups is 3. The van der Waals surface area contributed by atoms with Gasteiger partial charge in [0.25, 0.3) is 0 Å². The van der Waals surface area contributed by atoms with Crippen LogP contribution in [-0.4, -0.2) is 36.1 Å². The average Bonchev–Trinajstić information content (AvgIpc) is 2.73. The molecule has 1 atom stereocenters. The summed E-state index contributed by atoms with van der Waals surface area (Å²) in [4.78, 5) is 36.2. The third-order valence-electron chi connectivity index (χ3n) is 4.45. The van der Waals surface area contributed by atoms with Crippen LogP contribution in [0.25, 0.3) is 0 Å². The molecule has 1 unspecified atom stereocenters. The van der Waals surface area contributed by atoms with Crippen molar-refractivity contribution >= 4 is 52.4 Å². The van der Waals surface area contributed by atoms with Crippen molar-refractivity contribution in [3.63, 3.8) is 0 Å². The molecule has 184 valence electrons. The topological polar surface area (TPSA) is 93.7 Å². The summed E-state index contributed by atoms with van der Waals surface area (Å²) in [5.41, 5.74) is 1.34. The van der Waals surface area contributed by atoms with E-state index in [0.29, 0.717) is 27.0 Å². The van der Waals surface area contributed by atoms with Crippen LogP contribution in [0.2, 0.25) is 10.0 Å². The van der Waals surface area contributed by atoms with Crippen LogP contribution in [-0.2, 0) is 30.3 Å². The summed E-state index contributed by atoms with van der Waals surface area (Å²) in [6.45, 7) is 7.02. The molecule has 1 amide bonds. The number of nitrogens with one attached hydrogen (secondary N) is 2. The Morgan fingerprint density at radius 2 is 1.59 bits per heavy atom. The molecule has 2 N–H and O–H groups in total. The minimum atomic E-state index is -0.594. The lowest BCUT2D eigenvalue weighted by Gasteiger charge is -2.19. The quantitative estimate of drug-likeness (QED) is 0.414. The highest BCUT2D eigenvalue weighted by Gasteiger charge is 2.18. The normalized spacial score (nSPS) is 11.9. The van der Waals surface area contributed by atoms with Crippen molar-refractivity contribution in [2.45, 2.75) is 58.6 Å². The Labute approximate surface area is 210 Å². The number of para-hydroxylation sites is 2. The summed E-state index contributed by atoms with van der Waals surface area (Å²) in [6, 6.07) is 12.0. The molecule has 0 heterocycles. The van der Waals surface area contributed by atoms with E-state index in [1.165, 1.54) is 0 Å². The highest BCUT2D eigenvalue weighted by Crippen LogP contribution is 2.33. The molecule has 2 aromatic carbocycles. The summed E-state index contributed by atoms with van der Waals surface area (Å²) >= 11 is 12.5. The highest BCUT2D eigenvalue weighted by molar-refractivity contribution is 6.39. The van der Waals surface area contributed by atoms with Crippen LogP contribution < -0.4 is 10.6 Å². The number of rotatable bonds is 10. The Hall–Kier alpha value is -2.77. The van der Waals surface area contributed by atoms with Gasteiger partial charge in [0.1, 0.15) is 12.2 Å². The Balaban J connectivity index is 1.83. The zero-order valence-corrected chi connectivity index (χ0v) is 21.3. The summed E-state index contributed by atoms with van der Waals surface area (Å²) in [5, 5.41) is 6.80. The lowest BCUT2D eigenvalue weighted by molar-refractivity contribution is -0.155. The molecule has 0 saturated heterocycles. The number of hydrogen-bond acceptors (Lipinski definition) is 6. The van der Waals surface area contributed by atoms with E-state index in [0.717, 1.165) is 0 Å². The first kappa shape index (κ1) is 27.5. The van der Waals surface area contributed by atoms with E-state index in [1.807, 2.05) is 18.2 Å². The molecule has 34 heavy (non-hydrogen) atoms. The number of esters is 2. The highest BCUT2D eigenvalue weighted by atomic mass is 35.5. The summed E-state index contributed by atoms with van der Waals surface area (Å²) in [6.07, 6.45) is -0.00372. The van der Waals surface area contributed by atoms with Crippen molar-refractivity contribution in [2.24, 2.45) is 0 Å². The van der Waals surface area contributed by atoms with Gasteiger partial charge in [0, 0.05) is 12.1 Å². The number of carbonyl (C=O) groups excluding carboxylic acids is 3. The van der Waals surface area contributed by atoms with Gasteiger partial charge in [-0.1, -0.05) is 47.5 Å². The van der Waals surface area contributed by atoms with Gasteiger partial charge >= 0.3 is 11.9 Å². The summed E-state index contributed by atoms with van der Waals surface area (Å²) in [5.74, 6) is -1.21. The number of amides is 1. The van der Waals surface area contributed by atoms with Gasteiger partial charge in [0.15, 0.2) is 0 Å². The second kappa shape index (κ2) is 12.6. The van der Waals surface area contributed by atoms with Crippen LogP contribution in [0.5, 0.6) is 0 Å². The fourth-order valence-electron chi connectivity index (χ4n) is 2.97. The largest absolute Gasteiger partial charge is 0.463 e. The fraction of sp³-hybridized carbons (Fsp3) is 0.400. The van der Waals surface area contributed by atoms with E-state index >= 15 is 0 Å². The first-order valence-electron chi connectivity index (χ1n) is 10.9. The van der Waals surface area contributed by atoms with Crippen LogP contribution in [0, 0.1) is 0 Å². The molecule has 0 aliphatic heterocycles. The maximum Gasteiger partial charge on any atom is 0.310 e. The number of halogens is 2. The first-order valence-corrected chi connectivity index (χ1v) is 11.7. The zero-order valence-electron chi connectivity index (χ0n) is 19.7. The maximum absolute atomic E-state index is 12.4. The van der Waals surface area contributed by atoms with Crippen molar-refractivity contribution < 1.29 is 23.9 Å². The average molecular weight is 509 g/mol. The molecule has 0 radical (unpaired) electrons. The van der Waals surface area contributed by atoms with Crippen LogP contribution >= 0.6 is 23.2 Å². The molecule has 0 saturated carbocycles. The standard InChI is InChI=1S/C25H30Cl2N2O5/c1-16(28-21(30)12-13-22(31)34-25(2,3)4)15-33-23(32)14-17-8-5-6-11-20(17)29-24-18(26)9-7-10-19(24)27/h5-11,16,29H,12-15H2,1-4H3,(H,28,30). The van der Waals surface area contributed by atoms with Gasteiger partial charge < -0.3 is 20.1 Å². The van der Waals surface area contributed by atoms with Gasteiger partial charge in [-0.3, -0.25) is 14.4 Å². The van der Waals surface area contributed by atoms with Crippen molar-refractivity contribution in [1.82, 2.24) is 5.32 Å². The SMILES string of the molecule is CC(COC(=O)Cc1ccccc1Nc1c(Cl)cccc1Cl)NC(=O)CCC(=O)OC(C)(C)C. The van der Waals surface area contributed by atoms with Gasteiger partial charge in [0.05, 0.1) is 34.6 Å². The minimum absolute atomic E-state index is 0.00292. The van der Waals surface area contributed by atoms with Gasteiger partial charge in [-0.25, -0.2) is 0 Å². The number of hydrogen-bond donors (Lipinski definition) is 2. The van der Waals surface area contributed by atoms with E-state index in [4.69, 9.17) is 32.7 Å². The van der Waals surface area contributed by atoms with Gasteiger partial charge in [-0.05, 0) is 51.5 Å². The van der Waals surface area contributed by atoms with E-state index in [-0.39, 0.29) is 31.8 Å².